The summed E-state index contributed by atoms with van der Waals surface area (Å²) in [6, 6.07) is 12.9. The van der Waals surface area contributed by atoms with Crippen LogP contribution < -0.4 is 16.1 Å². The molecule has 162 valence electrons. The lowest BCUT2D eigenvalue weighted by molar-refractivity contribution is 0.0780. The Hall–Kier alpha value is -3.39. The zero-order valence-corrected chi connectivity index (χ0v) is 18.4. The van der Waals surface area contributed by atoms with Crippen LogP contribution in [-0.4, -0.2) is 55.9 Å². The monoisotopic (exact) mass is 427 g/mol. The van der Waals surface area contributed by atoms with Gasteiger partial charge < -0.3 is 20.3 Å². The summed E-state index contributed by atoms with van der Waals surface area (Å²) in [6.07, 6.45) is 3.39. The minimum Gasteiger partial charge on any atom is -0.398 e. The molecule has 3 heterocycles. The summed E-state index contributed by atoms with van der Waals surface area (Å²) in [7, 11) is 9.86. The highest BCUT2D eigenvalue weighted by Gasteiger charge is 2.16. The number of rotatable bonds is 0. The first-order valence-electron chi connectivity index (χ1n) is 10.6. The standard InChI is InChI=1S/C24H26BN5O2/c1-29-11-3-4-12-32-15-17-13-18(6-8-20(17)25)30(2)24-27-10-9-22(28-24)19-7-5-16(23(29)31)14-21(19)26/h5-10,13-14H,3-4,11-12,15,26H2,1-2H3. The van der Waals surface area contributed by atoms with Crippen LogP contribution in [0.2, 0.25) is 0 Å². The maximum absolute atomic E-state index is 12.8. The number of nitrogens with two attached hydrogens (primary N) is 1. The quantitative estimate of drug-likeness (QED) is 0.439. The number of nitrogen functional groups attached to an aromatic ring is 1. The summed E-state index contributed by atoms with van der Waals surface area (Å²) in [4.78, 5) is 25.5. The van der Waals surface area contributed by atoms with E-state index in [1.54, 1.807) is 36.3 Å². The van der Waals surface area contributed by atoms with Gasteiger partial charge in [-0.15, -0.1) is 0 Å². The van der Waals surface area contributed by atoms with Gasteiger partial charge in [0.05, 0.1) is 12.3 Å². The van der Waals surface area contributed by atoms with Gasteiger partial charge in [0.15, 0.2) is 0 Å². The van der Waals surface area contributed by atoms with Gasteiger partial charge in [0.2, 0.25) is 5.95 Å². The lowest BCUT2D eigenvalue weighted by Gasteiger charge is -2.20. The van der Waals surface area contributed by atoms with Crippen molar-refractivity contribution in [1.82, 2.24) is 14.9 Å². The molecule has 6 bridgehead atoms. The second-order valence-electron chi connectivity index (χ2n) is 7.97. The van der Waals surface area contributed by atoms with Crippen LogP contribution in [-0.2, 0) is 11.3 Å². The number of nitrogens with zero attached hydrogens (tertiary/aromatic N) is 4. The molecule has 0 saturated carbocycles. The number of carbonyl (C=O) groups is 1. The van der Waals surface area contributed by atoms with E-state index in [0.717, 1.165) is 29.7 Å². The van der Waals surface area contributed by atoms with Crippen molar-refractivity contribution >= 4 is 36.5 Å². The van der Waals surface area contributed by atoms with E-state index in [4.69, 9.17) is 23.3 Å². The molecule has 8 heteroatoms. The van der Waals surface area contributed by atoms with Crippen molar-refractivity contribution in [2.24, 2.45) is 0 Å². The van der Waals surface area contributed by atoms with Crippen molar-refractivity contribution in [1.29, 1.82) is 0 Å². The van der Waals surface area contributed by atoms with Crippen LogP contribution in [0.1, 0.15) is 28.8 Å². The van der Waals surface area contributed by atoms with Gasteiger partial charge in [-0.25, -0.2) is 9.97 Å². The molecule has 0 unspecified atom stereocenters. The number of anilines is 3. The number of hydrogen-bond donors (Lipinski definition) is 1. The molecule has 2 aromatic carbocycles. The first kappa shape index (κ1) is 21.8. The third kappa shape index (κ3) is 4.60. The number of carbonyl (C=O) groups excluding carboxylic acids is 1. The van der Waals surface area contributed by atoms with Crippen LogP contribution in [0.15, 0.2) is 48.7 Å². The molecule has 0 aliphatic carbocycles. The molecule has 2 aliphatic heterocycles. The Morgan fingerprint density at radius 3 is 2.75 bits per heavy atom. The van der Waals surface area contributed by atoms with Gasteiger partial charge in [-0.3, -0.25) is 4.79 Å². The molecule has 7 nitrogen and oxygen atoms in total. The van der Waals surface area contributed by atoms with E-state index in [-0.39, 0.29) is 5.91 Å². The van der Waals surface area contributed by atoms with Crippen LogP contribution in [0, 0.1) is 0 Å². The third-order valence-electron chi connectivity index (χ3n) is 5.67. The molecule has 5 rings (SSSR count). The van der Waals surface area contributed by atoms with Crippen LogP contribution in [0.5, 0.6) is 0 Å². The maximum Gasteiger partial charge on any atom is 0.253 e. The van der Waals surface area contributed by atoms with E-state index in [0.29, 0.717) is 48.1 Å². The van der Waals surface area contributed by atoms with Crippen LogP contribution in [0.4, 0.5) is 17.3 Å². The number of ether oxygens (including phenoxy) is 1. The third-order valence-corrected chi connectivity index (χ3v) is 5.67. The van der Waals surface area contributed by atoms with Crippen molar-refractivity contribution < 1.29 is 9.53 Å². The summed E-state index contributed by atoms with van der Waals surface area (Å²) in [5.74, 6) is 0.463. The average Bonchev–Trinajstić information content (AvgIpc) is 2.80. The minimum absolute atomic E-state index is 0.0611. The van der Waals surface area contributed by atoms with E-state index < -0.39 is 0 Å². The van der Waals surface area contributed by atoms with Crippen molar-refractivity contribution in [2.75, 3.05) is 37.9 Å². The van der Waals surface area contributed by atoms with Crippen LogP contribution >= 0.6 is 0 Å². The molecule has 2 aliphatic rings. The largest absolute Gasteiger partial charge is 0.398 e. The van der Waals surface area contributed by atoms with Gasteiger partial charge >= 0.3 is 0 Å². The van der Waals surface area contributed by atoms with Gasteiger partial charge in [-0.1, -0.05) is 11.5 Å². The number of benzene rings is 2. The van der Waals surface area contributed by atoms with Crippen LogP contribution in [0.3, 0.4) is 0 Å². The zero-order valence-electron chi connectivity index (χ0n) is 18.4. The SMILES string of the molecule is [B]c1ccc2cc1COCCCCN(C)C(=O)c1ccc(c(N)c1)-c1ccnc(n1)N2C. The van der Waals surface area contributed by atoms with E-state index in [1.807, 2.05) is 36.2 Å². The maximum atomic E-state index is 12.8. The van der Waals surface area contributed by atoms with E-state index in [1.165, 1.54) is 0 Å². The second-order valence-corrected chi connectivity index (χ2v) is 7.97. The van der Waals surface area contributed by atoms with Crippen LogP contribution in [0.25, 0.3) is 11.3 Å². The normalized spacial score (nSPS) is 15.2. The molecule has 0 atom stereocenters. The predicted molar refractivity (Wildman–Crippen MR) is 128 cm³/mol. The first-order valence-corrected chi connectivity index (χ1v) is 10.6. The van der Waals surface area contributed by atoms with Gasteiger partial charge in [0.1, 0.15) is 7.85 Å². The molecule has 0 spiro atoms. The molecular formula is C24H26BN5O2. The van der Waals surface area contributed by atoms with Gasteiger partial charge in [-0.05, 0) is 54.8 Å². The summed E-state index contributed by atoms with van der Waals surface area (Å²) in [6.45, 7) is 1.65. The highest BCUT2D eigenvalue weighted by molar-refractivity contribution is 6.33. The average molecular weight is 427 g/mol. The van der Waals surface area contributed by atoms with Gasteiger partial charge in [-0.2, -0.15) is 0 Å². The predicted octanol–water partition coefficient (Wildman–Crippen LogP) is 2.67. The number of hydrogen-bond acceptors (Lipinski definition) is 6. The lowest BCUT2D eigenvalue weighted by Crippen LogP contribution is -2.28. The number of fused-ring (bicyclic) bond motifs is 9. The smallest absolute Gasteiger partial charge is 0.253 e. The summed E-state index contributed by atoms with van der Waals surface area (Å²) in [5, 5.41) is 0. The number of aromatic nitrogens is 2. The molecule has 1 amide bonds. The highest BCUT2D eigenvalue weighted by Crippen LogP contribution is 2.28. The Kier molecular flexibility index (Phi) is 6.41. The van der Waals surface area contributed by atoms with Crippen molar-refractivity contribution in [3.63, 3.8) is 0 Å². The van der Waals surface area contributed by atoms with Gasteiger partial charge in [0.25, 0.3) is 5.91 Å². The topological polar surface area (TPSA) is 84.6 Å². The summed E-state index contributed by atoms with van der Waals surface area (Å²) < 4.78 is 5.84. The number of amides is 1. The summed E-state index contributed by atoms with van der Waals surface area (Å²) >= 11 is 0. The van der Waals surface area contributed by atoms with Crippen molar-refractivity contribution in [3.05, 3.63) is 59.8 Å². The van der Waals surface area contributed by atoms with Gasteiger partial charge in [0, 0.05) is 55.9 Å². The first-order chi connectivity index (χ1) is 15.4. The zero-order chi connectivity index (χ0) is 22.7. The molecule has 3 aromatic rings. The molecule has 2 N–H and O–H groups in total. The minimum atomic E-state index is -0.0611. The van der Waals surface area contributed by atoms with E-state index in [9.17, 15) is 4.79 Å². The molecule has 32 heavy (non-hydrogen) atoms. The molecule has 2 radical (unpaired) electrons. The van der Waals surface area contributed by atoms with E-state index >= 15 is 0 Å². The molecule has 0 fully saturated rings. The Morgan fingerprint density at radius 1 is 1.09 bits per heavy atom. The Morgan fingerprint density at radius 2 is 1.94 bits per heavy atom. The Balaban J connectivity index is 1.75. The molecule has 1 aromatic heterocycles. The second kappa shape index (κ2) is 9.40. The van der Waals surface area contributed by atoms with Crippen molar-refractivity contribution in [3.8, 4) is 11.3 Å². The fourth-order valence-electron chi connectivity index (χ4n) is 3.69. The highest BCUT2D eigenvalue weighted by atomic mass is 16.5. The fraction of sp³-hybridized carbons (Fsp3) is 0.292. The lowest BCUT2D eigenvalue weighted by atomic mass is 9.90. The molecular weight excluding hydrogens is 401 g/mol. The summed E-state index contributed by atoms with van der Waals surface area (Å²) in [5.41, 5.74) is 11.3. The molecule has 0 saturated heterocycles. The Labute approximate surface area is 189 Å². The Bertz CT molecular complexity index is 1140. The van der Waals surface area contributed by atoms with Crippen molar-refractivity contribution in [2.45, 2.75) is 19.4 Å². The fourth-order valence-corrected chi connectivity index (χ4v) is 3.69. The van der Waals surface area contributed by atoms with E-state index in [2.05, 4.69) is 4.98 Å².